The van der Waals surface area contributed by atoms with Gasteiger partial charge in [0.2, 0.25) is 0 Å². The Kier molecular flexibility index (Phi) is 5.82. The minimum absolute atomic E-state index is 0.0632. The maximum absolute atomic E-state index is 11.7. The van der Waals surface area contributed by atoms with Crippen molar-refractivity contribution in [2.24, 2.45) is 5.92 Å². The SMILES string of the molecule is CCOc1ccc(NC(=O)NCC(C)(O)C(C)C)cc1. The summed E-state index contributed by atoms with van der Waals surface area (Å²) in [5.41, 5.74) is -0.244. The molecule has 0 radical (unpaired) electrons. The van der Waals surface area contributed by atoms with Crippen molar-refractivity contribution in [3.8, 4) is 5.75 Å². The van der Waals surface area contributed by atoms with Crippen molar-refractivity contribution < 1.29 is 14.6 Å². The topological polar surface area (TPSA) is 70.6 Å². The second-order valence-corrected chi connectivity index (χ2v) is 5.28. The molecule has 1 aromatic rings. The highest BCUT2D eigenvalue weighted by atomic mass is 16.5. The normalized spacial score (nSPS) is 13.7. The highest BCUT2D eigenvalue weighted by Crippen LogP contribution is 2.16. The molecular formula is C15H24N2O3. The summed E-state index contributed by atoms with van der Waals surface area (Å²) in [6.45, 7) is 8.25. The number of aliphatic hydroxyl groups is 1. The van der Waals surface area contributed by atoms with Crippen LogP contribution in [0.15, 0.2) is 24.3 Å². The third-order valence-corrected chi connectivity index (χ3v) is 3.27. The summed E-state index contributed by atoms with van der Waals surface area (Å²) in [4.78, 5) is 11.7. The molecule has 0 bridgehead atoms. The molecule has 0 fully saturated rings. The van der Waals surface area contributed by atoms with E-state index in [0.29, 0.717) is 12.3 Å². The van der Waals surface area contributed by atoms with Crippen LogP contribution in [0.2, 0.25) is 0 Å². The van der Waals surface area contributed by atoms with Crippen molar-refractivity contribution in [2.75, 3.05) is 18.5 Å². The van der Waals surface area contributed by atoms with Crippen LogP contribution in [0.4, 0.5) is 10.5 Å². The summed E-state index contributed by atoms with van der Waals surface area (Å²) in [5.74, 6) is 0.828. The van der Waals surface area contributed by atoms with Gasteiger partial charge in [-0.25, -0.2) is 4.79 Å². The molecular weight excluding hydrogens is 256 g/mol. The van der Waals surface area contributed by atoms with Crippen molar-refractivity contribution in [2.45, 2.75) is 33.3 Å². The number of rotatable bonds is 6. The molecule has 3 N–H and O–H groups in total. The van der Waals surface area contributed by atoms with Gasteiger partial charge in [-0.2, -0.15) is 0 Å². The molecule has 5 heteroatoms. The van der Waals surface area contributed by atoms with Crippen LogP contribution in [0.1, 0.15) is 27.7 Å². The molecule has 0 saturated heterocycles. The first-order chi connectivity index (χ1) is 9.35. The molecule has 0 aliphatic carbocycles. The van der Waals surface area contributed by atoms with Gasteiger partial charge >= 0.3 is 6.03 Å². The molecule has 112 valence electrons. The Morgan fingerprint density at radius 2 is 1.95 bits per heavy atom. The molecule has 0 saturated carbocycles. The fraction of sp³-hybridized carbons (Fsp3) is 0.533. The van der Waals surface area contributed by atoms with Crippen LogP contribution in [0.3, 0.4) is 0 Å². The van der Waals surface area contributed by atoms with Gasteiger partial charge in [0.15, 0.2) is 0 Å². The van der Waals surface area contributed by atoms with Crippen LogP contribution in [0, 0.1) is 5.92 Å². The van der Waals surface area contributed by atoms with Gasteiger partial charge in [-0.1, -0.05) is 13.8 Å². The lowest BCUT2D eigenvalue weighted by Gasteiger charge is -2.27. The second-order valence-electron chi connectivity index (χ2n) is 5.28. The number of nitrogens with one attached hydrogen (secondary N) is 2. The van der Waals surface area contributed by atoms with E-state index in [9.17, 15) is 9.90 Å². The largest absolute Gasteiger partial charge is 0.494 e. The lowest BCUT2D eigenvalue weighted by molar-refractivity contribution is 0.0170. The molecule has 0 heterocycles. The summed E-state index contributed by atoms with van der Waals surface area (Å²) < 4.78 is 5.32. The lowest BCUT2D eigenvalue weighted by atomic mass is 9.93. The Bertz CT molecular complexity index is 427. The minimum atomic E-state index is -0.920. The average Bonchev–Trinajstić information content (AvgIpc) is 2.39. The van der Waals surface area contributed by atoms with E-state index in [4.69, 9.17) is 4.74 Å². The predicted octanol–water partition coefficient (Wildman–Crippen LogP) is 2.61. The number of hydrogen-bond donors (Lipinski definition) is 3. The van der Waals surface area contributed by atoms with E-state index in [0.717, 1.165) is 5.75 Å². The fourth-order valence-corrected chi connectivity index (χ4v) is 1.44. The van der Waals surface area contributed by atoms with Crippen LogP contribution >= 0.6 is 0 Å². The van der Waals surface area contributed by atoms with Gasteiger partial charge < -0.3 is 20.5 Å². The van der Waals surface area contributed by atoms with E-state index in [1.54, 1.807) is 31.2 Å². The van der Waals surface area contributed by atoms with E-state index in [-0.39, 0.29) is 18.5 Å². The Labute approximate surface area is 120 Å². The van der Waals surface area contributed by atoms with Crippen molar-refractivity contribution in [1.82, 2.24) is 5.32 Å². The average molecular weight is 280 g/mol. The van der Waals surface area contributed by atoms with Crippen LogP contribution < -0.4 is 15.4 Å². The van der Waals surface area contributed by atoms with E-state index in [2.05, 4.69) is 10.6 Å². The summed E-state index contributed by atoms with van der Waals surface area (Å²) >= 11 is 0. The van der Waals surface area contributed by atoms with E-state index >= 15 is 0 Å². The van der Waals surface area contributed by atoms with Gasteiger partial charge in [0.1, 0.15) is 5.75 Å². The zero-order valence-corrected chi connectivity index (χ0v) is 12.6. The first-order valence-electron chi connectivity index (χ1n) is 6.85. The van der Waals surface area contributed by atoms with Crippen LogP contribution in [-0.2, 0) is 0 Å². The number of carbonyl (C=O) groups is 1. The second kappa shape index (κ2) is 7.14. The van der Waals surface area contributed by atoms with Crippen LogP contribution in [0.25, 0.3) is 0 Å². The maximum Gasteiger partial charge on any atom is 0.319 e. The van der Waals surface area contributed by atoms with E-state index in [1.165, 1.54) is 0 Å². The Balaban J connectivity index is 2.46. The van der Waals surface area contributed by atoms with Crippen molar-refractivity contribution in [3.63, 3.8) is 0 Å². The van der Waals surface area contributed by atoms with Crippen LogP contribution in [-0.4, -0.2) is 29.9 Å². The van der Waals surface area contributed by atoms with E-state index in [1.807, 2.05) is 20.8 Å². The molecule has 2 amide bonds. The monoisotopic (exact) mass is 280 g/mol. The molecule has 1 aromatic carbocycles. The Hall–Kier alpha value is -1.75. The standard InChI is InChI=1S/C15H24N2O3/c1-5-20-13-8-6-12(7-9-13)17-14(18)16-10-15(4,19)11(2)3/h6-9,11,19H,5,10H2,1-4H3,(H2,16,17,18). The molecule has 0 aliphatic rings. The minimum Gasteiger partial charge on any atom is -0.494 e. The van der Waals surface area contributed by atoms with Gasteiger partial charge in [-0.15, -0.1) is 0 Å². The van der Waals surface area contributed by atoms with E-state index < -0.39 is 5.60 Å². The smallest absolute Gasteiger partial charge is 0.319 e. The maximum atomic E-state index is 11.7. The predicted molar refractivity (Wildman–Crippen MR) is 80.1 cm³/mol. The Morgan fingerprint density at radius 1 is 1.35 bits per heavy atom. The molecule has 1 rings (SSSR count). The third kappa shape index (κ3) is 5.09. The highest BCUT2D eigenvalue weighted by molar-refractivity contribution is 5.89. The molecule has 5 nitrogen and oxygen atoms in total. The summed E-state index contributed by atoms with van der Waals surface area (Å²) in [7, 11) is 0. The number of urea groups is 1. The first-order valence-corrected chi connectivity index (χ1v) is 6.85. The van der Waals surface area contributed by atoms with Gasteiger partial charge in [0.25, 0.3) is 0 Å². The summed E-state index contributed by atoms with van der Waals surface area (Å²) in [5, 5.41) is 15.4. The lowest BCUT2D eigenvalue weighted by Crippen LogP contribution is -2.45. The molecule has 0 aliphatic heterocycles. The number of ether oxygens (including phenoxy) is 1. The van der Waals surface area contributed by atoms with Gasteiger partial charge in [-0.05, 0) is 44.0 Å². The fourth-order valence-electron chi connectivity index (χ4n) is 1.44. The summed E-state index contributed by atoms with van der Waals surface area (Å²) in [6, 6.07) is 6.79. The van der Waals surface area contributed by atoms with Gasteiger partial charge in [0.05, 0.1) is 12.2 Å². The van der Waals surface area contributed by atoms with Crippen molar-refractivity contribution in [1.29, 1.82) is 0 Å². The molecule has 1 unspecified atom stereocenters. The molecule has 0 aromatic heterocycles. The van der Waals surface area contributed by atoms with Crippen LogP contribution in [0.5, 0.6) is 5.75 Å². The molecule has 0 spiro atoms. The number of anilines is 1. The Morgan fingerprint density at radius 3 is 2.45 bits per heavy atom. The molecule has 1 atom stereocenters. The third-order valence-electron chi connectivity index (χ3n) is 3.27. The number of benzene rings is 1. The number of carbonyl (C=O) groups excluding carboxylic acids is 1. The highest BCUT2D eigenvalue weighted by Gasteiger charge is 2.25. The van der Waals surface area contributed by atoms with Crippen molar-refractivity contribution in [3.05, 3.63) is 24.3 Å². The number of amides is 2. The zero-order valence-electron chi connectivity index (χ0n) is 12.6. The quantitative estimate of drug-likeness (QED) is 0.750. The van der Waals surface area contributed by atoms with Crippen molar-refractivity contribution >= 4 is 11.7 Å². The van der Waals surface area contributed by atoms with Gasteiger partial charge in [0, 0.05) is 12.2 Å². The molecule has 20 heavy (non-hydrogen) atoms. The summed E-state index contributed by atoms with van der Waals surface area (Å²) in [6.07, 6.45) is 0. The zero-order chi connectivity index (χ0) is 15.2. The number of hydrogen-bond acceptors (Lipinski definition) is 3. The van der Waals surface area contributed by atoms with Gasteiger partial charge in [-0.3, -0.25) is 0 Å². The first kappa shape index (κ1) is 16.3.